The quantitative estimate of drug-likeness (QED) is 0.286. The van der Waals surface area contributed by atoms with Crippen LogP contribution in [-0.4, -0.2) is 76.7 Å². The van der Waals surface area contributed by atoms with Crippen LogP contribution in [-0.2, 0) is 35.1 Å². The summed E-state index contributed by atoms with van der Waals surface area (Å²) in [5.74, 6) is -3.84. The third kappa shape index (κ3) is 6.34. The number of anilines is 1. The van der Waals surface area contributed by atoms with Crippen LogP contribution in [0.2, 0.25) is 0 Å². The van der Waals surface area contributed by atoms with E-state index >= 15 is 4.79 Å². The lowest BCUT2D eigenvalue weighted by molar-refractivity contribution is -0.161. The zero-order valence-electron chi connectivity index (χ0n) is 29.7. The predicted molar refractivity (Wildman–Crippen MR) is 195 cm³/mol. The number of allylic oxidation sites excluding steroid dienone is 1. The van der Waals surface area contributed by atoms with E-state index in [1.165, 1.54) is 4.90 Å². The lowest BCUT2D eigenvalue weighted by atomic mass is 9.74. The first-order valence-electron chi connectivity index (χ1n) is 18.1. The van der Waals surface area contributed by atoms with E-state index in [2.05, 4.69) is 5.32 Å². The van der Waals surface area contributed by atoms with Crippen LogP contribution in [0.25, 0.3) is 0 Å². The van der Waals surface area contributed by atoms with Crippen molar-refractivity contribution in [1.29, 1.82) is 0 Å². The van der Waals surface area contributed by atoms with Crippen molar-refractivity contribution in [2.45, 2.75) is 76.0 Å². The first-order valence-corrected chi connectivity index (χ1v) is 18.1. The largest absolute Gasteiger partial charge is 0.455 e. The molecule has 4 aliphatic heterocycles. The molecule has 10 nitrogen and oxygen atoms in total. The molecule has 8 atom stereocenters. The summed E-state index contributed by atoms with van der Waals surface area (Å²) in [6.07, 6.45) is 6.51. The minimum Gasteiger partial charge on any atom is -0.455 e. The van der Waals surface area contributed by atoms with Crippen LogP contribution >= 0.6 is 0 Å². The number of nitrogens with zero attached hydrogens (tertiary/aromatic N) is 2. The predicted octanol–water partition coefficient (Wildman–Crippen LogP) is 4.53. The van der Waals surface area contributed by atoms with Crippen molar-refractivity contribution in [2.24, 2.45) is 11.8 Å². The topological polar surface area (TPSA) is 125 Å². The normalized spacial score (nSPS) is 30.2. The minimum atomic E-state index is -1.48. The zero-order chi connectivity index (χ0) is 36.6. The summed E-state index contributed by atoms with van der Waals surface area (Å²) in [6, 6.07) is 22.0. The van der Waals surface area contributed by atoms with E-state index in [-0.39, 0.29) is 25.3 Å². The van der Waals surface area contributed by atoms with Gasteiger partial charge in [-0.2, -0.15) is 0 Å². The first kappa shape index (κ1) is 35.3. The fourth-order valence-corrected chi connectivity index (χ4v) is 8.37. The Morgan fingerprint density at radius 1 is 0.942 bits per heavy atom. The molecule has 52 heavy (non-hydrogen) atoms. The van der Waals surface area contributed by atoms with Gasteiger partial charge in [-0.25, -0.2) is 0 Å². The summed E-state index contributed by atoms with van der Waals surface area (Å²) < 4.78 is 12.9. The van der Waals surface area contributed by atoms with Gasteiger partial charge in [0.2, 0.25) is 11.8 Å². The molecule has 3 amide bonds. The monoisotopic (exact) mass is 703 g/mol. The highest BCUT2D eigenvalue weighted by atomic mass is 16.6. The Bertz CT molecular complexity index is 1900. The summed E-state index contributed by atoms with van der Waals surface area (Å²) >= 11 is 0. The van der Waals surface area contributed by atoms with Crippen LogP contribution in [0.1, 0.15) is 48.1 Å². The standard InChI is InChI=1S/C42H45N3O7/c1-26-18-19-27(2)32(23-26)44-22-12-6-11-17-34(47)43-28(3)37(30-15-9-5-10-16-30)51-41(50)35-33-20-21-42(52-33)36(35)39(48)45(38(42)40(44)49)31(25-46)24-29-13-7-4-8-14-29/h4-10,12-16,18-21,23,28,31,33,35-38,46H,11,17,22,24-25H2,1-3H3,(H,43,47)/b12-6-/t28-,31-,33+,35-,36-,37+,38+,42-/m1/s1. The Morgan fingerprint density at radius 3 is 2.40 bits per heavy atom. The summed E-state index contributed by atoms with van der Waals surface area (Å²) in [5.41, 5.74) is 2.58. The number of cyclic esters (lactones) is 1. The SMILES string of the molecule is Cc1ccc(C)c(N2C/C=C\CCC(=O)N[C@H](C)[C@@H](c3ccccc3)OC(=O)[C@@H]3[C@@H]4C=C[C@]5(O4)[C@H](C2=O)N([C@@H](CO)Cc2ccccc2)C(=O)[C@@H]35)c1. The number of benzene rings is 3. The third-order valence-electron chi connectivity index (χ3n) is 10.9. The van der Waals surface area contributed by atoms with Gasteiger partial charge in [0.15, 0.2) is 0 Å². The van der Waals surface area contributed by atoms with Crippen LogP contribution in [0, 0.1) is 25.7 Å². The number of amides is 3. The van der Waals surface area contributed by atoms with Gasteiger partial charge in [-0.05, 0) is 61.9 Å². The van der Waals surface area contributed by atoms with E-state index in [0.29, 0.717) is 17.7 Å². The van der Waals surface area contributed by atoms with Gasteiger partial charge in [-0.1, -0.05) is 97.1 Å². The minimum absolute atomic E-state index is 0.164. The lowest BCUT2D eigenvalue weighted by Crippen LogP contribution is -2.59. The van der Waals surface area contributed by atoms with Crippen molar-refractivity contribution in [3.8, 4) is 0 Å². The molecular formula is C42H45N3O7. The maximum atomic E-state index is 15.4. The fourth-order valence-electron chi connectivity index (χ4n) is 8.37. The van der Waals surface area contributed by atoms with Crippen molar-refractivity contribution in [1.82, 2.24) is 10.2 Å². The number of nitrogens with one attached hydrogen (secondary N) is 1. The number of hydrogen-bond donors (Lipinski definition) is 2. The molecule has 2 fully saturated rings. The number of ether oxygens (including phenoxy) is 2. The molecule has 4 heterocycles. The highest BCUT2D eigenvalue weighted by Gasteiger charge is 2.74. The summed E-state index contributed by atoms with van der Waals surface area (Å²) in [6.45, 7) is 5.43. The summed E-state index contributed by atoms with van der Waals surface area (Å²) in [7, 11) is 0. The molecule has 0 aliphatic carbocycles. The van der Waals surface area contributed by atoms with Crippen LogP contribution in [0.3, 0.4) is 0 Å². The first-order chi connectivity index (χ1) is 25.1. The van der Waals surface area contributed by atoms with E-state index in [9.17, 15) is 19.5 Å². The molecule has 7 rings (SSSR count). The van der Waals surface area contributed by atoms with Gasteiger partial charge < -0.3 is 29.7 Å². The Kier molecular flexibility index (Phi) is 9.87. The molecule has 270 valence electrons. The zero-order valence-corrected chi connectivity index (χ0v) is 29.7. The highest BCUT2D eigenvalue weighted by molar-refractivity contribution is 6.06. The second-order valence-electron chi connectivity index (χ2n) is 14.3. The van der Waals surface area contributed by atoms with Gasteiger partial charge in [0.1, 0.15) is 23.7 Å². The van der Waals surface area contributed by atoms with Gasteiger partial charge in [-0.3, -0.25) is 19.2 Å². The van der Waals surface area contributed by atoms with E-state index in [1.807, 2.05) is 105 Å². The van der Waals surface area contributed by atoms with Crippen molar-refractivity contribution >= 4 is 29.4 Å². The molecule has 0 radical (unpaired) electrons. The molecule has 0 unspecified atom stereocenters. The number of esters is 1. The molecular weight excluding hydrogens is 658 g/mol. The third-order valence-corrected chi connectivity index (χ3v) is 10.9. The Morgan fingerprint density at radius 2 is 1.67 bits per heavy atom. The highest BCUT2D eigenvalue weighted by Crippen LogP contribution is 2.56. The molecule has 0 saturated carbocycles. The van der Waals surface area contributed by atoms with E-state index in [0.717, 1.165) is 16.7 Å². The molecule has 10 heteroatoms. The molecule has 3 aromatic rings. The fraction of sp³-hybridized carbons (Fsp3) is 0.381. The number of rotatable bonds is 6. The van der Waals surface area contributed by atoms with Crippen LogP contribution in [0.4, 0.5) is 5.69 Å². The van der Waals surface area contributed by atoms with Crippen LogP contribution in [0.5, 0.6) is 0 Å². The second-order valence-corrected chi connectivity index (χ2v) is 14.3. The Balaban J connectivity index is 1.36. The molecule has 2 N–H and O–H groups in total. The van der Waals surface area contributed by atoms with Crippen molar-refractivity contribution in [3.05, 3.63) is 125 Å². The van der Waals surface area contributed by atoms with Crippen LogP contribution in [0.15, 0.2) is 103 Å². The van der Waals surface area contributed by atoms with Crippen molar-refractivity contribution in [3.63, 3.8) is 0 Å². The van der Waals surface area contributed by atoms with Gasteiger partial charge in [0.05, 0.1) is 30.7 Å². The molecule has 2 saturated heterocycles. The summed E-state index contributed by atoms with van der Waals surface area (Å²) in [5, 5.41) is 13.9. The Labute approximate surface area is 304 Å². The molecule has 3 aromatic carbocycles. The number of carbonyl (C=O) groups excluding carboxylic acids is 4. The molecule has 5 bridgehead atoms. The second kappa shape index (κ2) is 14.5. The maximum absolute atomic E-state index is 15.4. The van der Waals surface area contributed by atoms with Crippen molar-refractivity contribution in [2.75, 3.05) is 18.1 Å². The number of aliphatic hydroxyl groups excluding tert-OH is 1. The number of fused-ring (bicyclic) bond motifs is 2. The Hall–Kier alpha value is -5.06. The number of hydrogen-bond acceptors (Lipinski definition) is 7. The van der Waals surface area contributed by atoms with Gasteiger partial charge >= 0.3 is 5.97 Å². The molecule has 4 aliphatic rings. The maximum Gasteiger partial charge on any atom is 0.313 e. The average Bonchev–Trinajstić information content (AvgIpc) is 3.79. The van der Waals surface area contributed by atoms with E-state index < -0.39 is 72.2 Å². The molecule has 1 spiro atoms. The smallest absolute Gasteiger partial charge is 0.313 e. The lowest BCUT2D eigenvalue weighted by Gasteiger charge is -2.39. The number of carbonyl (C=O) groups is 4. The van der Waals surface area contributed by atoms with Gasteiger partial charge in [-0.15, -0.1) is 0 Å². The van der Waals surface area contributed by atoms with Crippen molar-refractivity contribution < 1.29 is 33.8 Å². The van der Waals surface area contributed by atoms with Crippen LogP contribution < -0.4 is 10.2 Å². The molecule has 0 aromatic heterocycles. The van der Waals surface area contributed by atoms with Gasteiger partial charge in [0.25, 0.3) is 5.91 Å². The van der Waals surface area contributed by atoms with E-state index in [1.54, 1.807) is 24.0 Å². The average molecular weight is 704 g/mol. The number of aryl methyl sites for hydroxylation is 2. The number of aliphatic hydroxyl groups is 1. The summed E-state index contributed by atoms with van der Waals surface area (Å²) in [4.78, 5) is 61.0. The van der Waals surface area contributed by atoms with Gasteiger partial charge in [0, 0.05) is 18.7 Å². The van der Waals surface area contributed by atoms with E-state index in [4.69, 9.17) is 9.47 Å². The number of likely N-dealkylation sites (tertiary alicyclic amines) is 1.